The fraction of sp³-hybridized carbons (Fsp3) is 0.146. The number of nitrogens with one attached hydrogen (secondary N) is 2. The Labute approximate surface area is 840 Å². The third-order valence-electron chi connectivity index (χ3n) is 27.7. The van der Waals surface area contributed by atoms with Gasteiger partial charge in [0.1, 0.15) is 75.3 Å². The van der Waals surface area contributed by atoms with Crippen LogP contribution in [0.25, 0.3) is 86.2 Å². The number of hydrogen-bond donors (Lipinski definition) is 2. The van der Waals surface area contributed by atoms with E-state index < -0.39 is 23.6 Å². The van der Waals surface area contributed by atoms with Crippen molar-refractivity contribution >= 4 is 127 Å². The van der Waals surface area contributed by atoms with Gasteiger partial charge in [0.2, 0.25) is 0 Å². The smallest absolute Gasteiger partial charge is 0.266 e. The van der Waals surface area contributed by atoms with E-state index >= 15 is 19.2 Å². The van der Waals surface area contributed by atoms with Crippen LogP contribution in [0.5, 0.6) is 69.0 Å². The Morgan fingerprint density at radius 3 is 0.772 bits per heavy atom. The first-order valence-corrected chi connectivity index (χ1v) is 49.2. The second kappa shape index (κ2) is 37.3. The number of aromatic amines is 2. The molecule has 0 bridgehead atoms. The van der Waals surface area contributed by atoms with Crippen molar-refractivity contribution in [1.29, 1.82) is 0 Å². The van der Waals surface area contributed by atoms with Crippen LogP contribution in [0.15, 0.2) is 310 Å². The quantitative estimate of drug-likeness (QED) is 0.0230. The zero-order chi connectivity index (χ0) is 100. The van der Waals surface area contributed by atoms with Gasteiger partial charge in [-0.05, 0) is 297 Å². The van der Waals surface area contributed by atoms with Gasteiger partial charge in [-0.3, -0.25) is 24.0 Å². The highest BCUT2D eigenvalue weighted by Gasteiger charge is 2.44. The molecule has 19 aromatic carbocycles. The van der Waals surface area contributed by atoms with Crippen LogP contribution in [-0.2, 0) is 6.42 Å². The molecule has 0 saturated heterocycles. The number of aryl methyl sites for hydroxylation is 6. The summed E-state index contributed by atoms with van der Waals surface area (Å²) < 4.78 is 41.9. The molecule has 708 valence electrons. The van der Waals surface area contributed by atoms with Crippen molar-refractivity contribution in [3.63, 3.8) is 0 Å². The van der Waals surface area contributed by atoms with E-state index in [0.29, 0.717) is 174 Å². The minimum atomic E-state index is -0.519. The zero-order valence-electron chi connectivity index (χ0n) is 82.9. The molecule has 0 aliphatic carbocycles. The van der Waals surface area contributed by atoms with Gasteiger partial charge in [0, 0.05) is 123 Å². The number of fused-ring (bicyclic) bond motifs is 4. The van der Waals surface area contributed by atoms with E-state index in [4.69, 9.17) is 28.4 Å². The van der Waals surface area contributed by atoms with Gasteiger partial charge in [-0.2, -0.15) is 0 Å². The van der Waals surface area contributed by atoms with Gasteiger partial charge in [-0.15, -0.1) is 0 Å². The highest BCUT2D eigenvalue weighted by atomic mass is 16.5. The number of carbonyl (C=O) groups is 5. The molecule has 2 N–H and O–H groups in total. The first kappa shape index (κ1) is 92.2. The molecular weight excluding hydrogens is 1790 g/mol. The maximum Gasteiger partial charge on any atom is 0.266 e. The lowest BCUT2D eigenvalue weighted by atomic mass is 9.82. The predicted molar refractivity (Wildman–Crippen MR) is 583 cm³/mol. The average molecular weight is 1900 g/mol. The van der Waals surface area contributed by atoms with Crippen molar-refractivity contribution in [3.05, 3.63) is 427 Å². The molecule has 21 aromatic rings. The minimum absolute atomic E-state index is 0.247. The van der Waals surface area contributed by atoms with Crippen molar-refractivity contribution in [2.24, 2.45) is 0 Å². The maximum atomic E-state index is 16.5. The molecule has 0 atom stereocenters. The number of benzene rings is 19. The highest BCUT2D eigenvalue weighted by Crippen LogP contribution is 2.58. The van der Waals surface area contributed by atoms with Crippen LogP contribution in [0.4, 0.5) is 11.4 Å². The Hall–Kier alpha value is -17.8. The first-order chi connectivity index (χ1) is 70.2. The molecule has 23 rings (SSSR count). The summed E-state index contributed by atoms with van der Waals surface area (Å²) >= 11 is 0. The number of H-pyrrole nitrogens is 2. The molecule has 2 aliphatic rings. The molecule has 4 heterocycles. The Bertz CT molecular complexity index is 8170. The van der Waals surface area contributed by atoms with Gasteiger partial charge in [0.15, 0.2) is 0 Å². The van der Waals surface area contributed by atoms with Gasteiger partial charge in [0.05, 0.1) is 33.6 Å². The van der Waals surface area contributed by atoms with Crippen molar-refractivity contribution in [2.75, 3.05) is 9.80 Å². The van der Waals surface area contributed by atoms with Crippen LogP contribution in [0.3, 0.4) is 0 Å². The molecule has 2 aliphatic heterocycles. The topological polar surface area (TPSA) is 179 Å². The van der Waals surface area contributed by atoms with E-state index in [9.17, 15) is 4.79 Å². The maximum absolute atomic E-state index is 16.5. The molecule has 0 radical (unpaired) electrons. The normalized spacial score (nSPS) is 12.4. The largest absolute Gasteiger partial charge is 0.457 e. The third kappa shape index (κ3) is 17.0. The Morgan fingerprint density at radius 2 is 0.517 bits per heavy atom. The third-order valence-corrected chi connectivity index (χ3v) is 27.7. The lowest BCUT2D eigenvalue weighted by molar-refractivity contribution is 0.0877. The number of anilines is 2. The first-order valence-electron chi connectivity index (χ1n) is 49.2. The molecule has 15 heteroatoms. The van der Waals surface area contributed by atoms with Gasteiger partial charge in [-0.1, -0.05) is 222 Å². The standard InChI is InChI=1S/C121H92N2O11.C9H10N2/c1-65(2)92-56-77(57-93(66(3)4)116(92)122-118(125)96-60-102(131-82-41-25-71(11)26-42-82)110-88-19-15-17-86-100(129-80-37-21-69(9)22-38-80)51-49-90(106(86)88)112-104(133-84-45-29-73(13)30-46-84)62-98(120(122)127)108(96)114(110)112)35-33-75-53-76(55-79(54-75)64-124)34-36-78-58-94(67(5)6)117(95(59-78)68(7)8)123-119(126)97-61-103(132-83-43-27-72(12)28-44-83)111-89-20-16-18-87-101(130-81-39-23-70(10)24-40-81)52-50-91(107(87)89)113-105(134-85-47-31-74(14)32-48-85)63-99(121(123)128)109(97)115(111)113;1-3-8(10-5-1)7-9-4-2-6-11-9/h15-32,37-68H,1-14H3;1-6,10-11H,7H2. The van der Waals surface area contributed by atoms with Crippen LogP contribution >= 0.6 is 0 Å². The van der Waals surface area contributed by atoms with E-state index in [1.165, 1.54) is 21.2 Å². The Balaban J connectivity index is 0.00000102. The molecule has 4 amide bonds. The summed E-state index contributed by atoms with van der Waals surface area (Å²) in [5, 5.41) is 11.8. The number of aldehydes is 1. The summed E-state index contributed by atoms with van der Waals surface area (Å²) in [5.74, 6) is 17.2. The molecule has 15 nitrogen and oxygen atoms in total. The fourth-order valence-electron chi connectivity index (χ4n) is 20.6. The summed E-state index contributed by atoms with van der Waals surface area (Å²) in [6.07, 6.45) is 5.62. The molecule has 2 aromatic heterocycles. The number of rotatable bonds is 21. The SMILES string of the molecule is Cc1ccc(Oc2ccc3c4c(Oc5ccc(C)cc5)cc5c6c(cc(Oc7ccc(C)cc7)c(c7cccc2c73)c64)C(=O)N(c2c(C(C)C)cc(C#Cc3cc(C#Cc4cc(C(C)C)c(N6C(=O)c7cc(Oc8ccc(C)cc8)c8c9cccc%10c(Oc%11ccc(C)cc%11)ccc(c%11c(Oc%12ccc(C)cc%12)cc(c7c8%11)C6=O)c%109)c(C(C)C)c4)cc(C=O)c3)cc2C(C)C)C5=O)cc1.c1c[nH]c(Cc2ccc[nH]2)c1. The van der Waals surface area contributed by atoms with Gasteiger partial charge in [0.25, 0.3) is 23.6 Å². The fourth-order valence-corrected chi connectivity index (χ4v) is 20.6. The average Bonchev–Trinajstić information content (AvgIpc) is 0.969. The number of amides is 4. The lowest BCUT2D eigenvalue weighted by Gasteiger charge is -2.34. The second-order valence-corrected chi connectivity index (χ2v) is 39.4. The number of imide groups is 2. The van der Waals surface area contributed by atoms with Gasteiger partial charge >= 0.3 is 0 Å². The monoisotopic (exact) mass is 1890 g/mol. The molecule has 0 fully saturated rings. The van der Waals surface area contributed by atoms with Crippen LogP contribution in [0, 0.1) is 65.2 Å². The number of carbonyl (C=O) groups excluding carboxylic acids is 5. The van der Waals surface area contributed by atoms with E-state index in [-0.39, 0.29) is 45.9 Å². The zero-order valence-corrected chi connectivity index (χ0v) is 82.9. The van der Waals surface area contributed by atoms with Crippen molar-refractivity contribution < 1.29 is 52.4 Å². The van der Waals surface area contributed by atoms with Crippen LogP contribution in [-0.4, -0.2) is 39.9 Å². The number of ether oxygens (including phenoxy) is 6. The summed E-state index contributed by atoms with van der Waals surface area (Å²) in [6.45, 7) is 28.5. The van der Waals surface area contributed by atoms with E-state index in [1.807, 2.05) is 358 Å². The molecular formula is C130H102N4O11. The highest BCUT2D eigenvalue weighted by molar-refractivity contribution is 6.46. The second-order valence-electron chi connectivity index (χ2n) is 39.4. The van der Waals surface area contributed by atoms with Crippen molar-refractivity contribution in [3.8, 4) is 92.7 Å². The van der Waals surface area contributed by atoms with E-state index in [0.717, 1.165) is 89.2 Å². The number of aromatic nitrogens is 2. The molecule has 0 unspecified atom stereocenters. The predicted octanol–water partition coefficient (Wildman–Crippen LogP) is 33.0. The van der Waals surface area contributed by atoms with E-state index in [1.54, 1.807) is 12.1 Å². The van der Waals surface area contributed by atoms with Crippen molar-refractivity contribution in [2.45, 2.75) is 127 Å². The summed E-state index contributed by atoms with van der Waals surface area (Å²) in [6, 6.07) is 96.1. The number of nitrogens with zero attached hydrogens (tertiary/aromatic N) is 2. The molecule has 145 heavy (non-hydrogen) atoms. The van der Waals surface area contributed by atoms with Crippen LogP contribution < -0.4 is 38.2 Å². The minimum Gasteiger partial charge on any atom is -0.457 e. The number of hydrogen-bond acceptors (Lipinski definition) is 11. The van der Waals surface area contributed by atoms with Crippen LogP contribution in [0.1, 0.15) is 220 Å². The van der Waals surface area contributed by atoms with Gasteiger partial charge < -0.3 is 38.4 Å². The molecule has 0 saturated carbocycles. The summed E-state index contributed by atoms with van der Waals surface area (Å²) in [4.78, 5) is 87.9. The lowest BCUT2D eigenvalue weighted by Crippen LogP contribution is -2.42. The Kier molecular flexibility index (Phi) is 23.8. The summed E-state index contributed by atoms with van der Waals surface area (Å²) in [5.41, 5.74) is 16.4. The summed E-state index contributed by atoms with van der Waals surface area (Å²) in [7, 11) is 0. The van der Waals surface area contributed by atoms with E-state index in [2.05, 4.69) is 70.0 Å². The van der Waals surface area contributed by atoms with Crippen molar-refractivity contribution in [1.82, 2.24) is 9.97 Å². The Morgan fingerprint density at radius 1 is 0.262 bits per heavy atom. The van der Waals surface area contributed by atoms with Gasteiger partial charge in [-0.25, -0.2) is 9.80 Å². The molecule has 0 spiro atoms. The van der Waals surface area contributed by atoms with Crippen LogP contribution in [0.2, 0.25) is 0 Å².